The molecule has 2 aromatic rings. The van der Waals surface area contributed by atoms with Crippen LogP contribution in [0.3, 0.4) is 0 Å². The number of aromatic nitrogens is 3. The molecule has 4 nitrogen and oxygen atoms in total. The van der Waals surface area contributed by atoms with Crippen LogP contribution in [0.15, 0.2) is 24.3 Å². The Labute approximate surface area is 104 Å². The first kappa shape index (κ1) is 10.9. The molecule has 1 aromatic carbocycles. The lowest BCUT2D eigenvalue weighted by atomic mass is 9.82. The van der Waals surface area contributed by atoms with Crippen LogP contribution >= 0.6 is 0 Å². The van der Waals surface area contributed by atoms with E-state index in [2.05, 4.69) is 16.4 Å². The van der Waals surface area contributed by atoms with Gasteiger partial charge in [-0.15, -0.1) is 5.10 Å². The summed E-state index contributed by atoms with van der Waals surface area (Å²) in [6.07, 6.45) is 3.23. The van der Waals surface area contributed by atoms with Crippen molar-refractivity contribution in [2.24, 2.45) is 0 Å². The second-order valence-corrected chi connectivity index (χ2v) is 4.45. The molecule has 18 heavy (non-hydrogen) atoms. The van der Waals surface area contributed by atoms with Crippen LogP contribution in [0.2, 0.25) is 0 Å². The fraction of sp³-hybridized carbons (Fsp3) is 0.308. The van der Waals surface area contributed by atoms with Crippen molar-refractivity contribution in [2.45, 2.75) is 25.2 Å². The summed E-state index contributed by atoms with van der Waals surface area (Å²) in [7, 11) is 0. The largest absolute Gasteiger partial charge is 0.216 e. The molecule has 0 aliphatic heterocycles. The van der Waals surface area contributed by atoms with E-state index in [1.165, 1.54) is 12.1 Å². The summed E-state index contributed by atoms with van der Waals surface area (Å²) in [5, 5.41) is 16.9. The van der Waals surface area contributed by atoms with Crippen LogP contribution in [-0.2, 0) is 0 Å². The van der Waals surface area contributed by atoms with Gasteiger partial charge in [0, 0.05) is 5.92 Å². The third kappa shape index (κ3) is 1.66. The number of nitriles is 1. The molecule has 3 rings (SSSR count). The standard InChI is InChI=1S/C13H11FN4/c14-10-5-2-6-11(7-10)18-13(9-3-1-4-9)12(8-15)16-17-18/h2,5-7,9H,1,3-4H2. The van der Waals surface area contributed by atoms with E-state index >= 15 is 0 Å². The predicted molar refractivity (Wildman–Crippen MR) is 62.6 cm³/mol. The second kappa shape index (κ2) is 4.22. The number of hydrogen-bond acceptors (Lipinski definition) is 3. The Bertz CT molecular complexity index is 622. The molecule has 1 aliphatic rings. The van der Waals surface area contributed by atoms with E-state index in [-0.39, 0.29) is 5.82 Å². The molecule has 1 heterocycles. The van der Waals surface area contributed by atoms with Gasteiger partial charge in [-0.1, -0.05) is 17.7 Å². The normalized spacial score (nSPS) is 15.1. The zero-order chi connectivity index (χ0) is 12.5. The van der Waals surface area contributed by atoms with E-state index in [4.69, 9.17) is 5.26 Å². The molecule has 0 radical (unpaired) electrons. The highest BCUT2D eigenvalue weighted by Gasteiger charge is 2.28. The summed E-state index contributed by atoms with van der Waals surface area (Å²) in [5.74, 6) is -0.000940. The third-order valence-electron chi connectivity index (χ3n) is 3.36. The van der Waals surface area contributed by atoms with E-state index in [0.29, 0.717) is 17.3 Å². The minimum Gasteiger partial charge on any atom is -0.216 e. The van der Waals surface area contributed by atoms with Crippen LogP contribution < -0.4 is 0 Å². The SMILES string of the molecule is N#Cc1nnn(-c2cccc(F)c2)c1C1CCC1. The molecule has 0 N–H and O–H groups in total. The van der Waals surface area contributed by atoms with Crippen LogP contribution in [0, 0.1) is 17.1 Å². The van der Waals surface area contributed by atoms with Gasteiger partial charge < -0.3 is 0 Å². The van der Waals surface area contributed by atoms with Crippen molar-refractivity contribution < 1.29 is 4.39 Å². The molecule has 0 bridgehead atoms. The maximum atomic E-state index is 13.2. The Balaban J connectivity index is 2.12. The van der Waals surface area contributed by atoms with Crippen LogP contribution in [0.4, 0.5) is 4.39 Å². The first-order valence-corrected chi connectivity index (χ1v) is 5.91. The topological polar surface area (TPSA) is 54.5 Å². The van der Waals surface area contributed by atoms with Crippen molar-refractivity contribution in [3.8, 4) is 11.8 Å². The molecule has 5 heteroatoms. The zero-order valence-corrected chi connectivity index (χ0v) is 9.67. The van der Waals surface area contributed by atoms with Crippen molar-refractivity contribution >= 4 is 0 Å². The summed E-state index contributed by atoms with van der Waals surface area (Å²) in [6, 6.07) is 8.24. The van der Waals surface area contributed by atoms with Crippen molar-refractivity contribution in [3.63, 3.8) is 0 Å². The van der Waals surface area contributed by atoms with Crippen molar-refractivity contribution in [1.82, 2.24) is 15.0 Å². The first-order chi connectivity index (χ1) is 8.79. The smallest absolute Gasteiger partial charge is 0.186 e. The Kier molecular flexibility index (Phi) is 2.56. The van der Waals surface area contributed by atoms with Gasteiger partial charge in [-0.2, -0.15) is 5.26 Å². The molecular formula is C13H11FN4. The van der Waals surface area contributed by atoms with Crippen LogP contribution in [0.5, 0.6) is 0 Å². The molecule has 0 saturated heterocycles. The predicted octanol–water partition coefficient (Wildman–Crippen LogP) is 2.55. The monoisotopic (exact) mass is 242 g/mol. The first-order valence-electron chi connectivity index (χ1n) is 5.91. The molecule has 1 aliphatic carbocycles. The maximum absolute atomic E-state index is 13.2. The van der Waals surface area contributed by atoms with E-state index < -0.39 is 0 Å². The van der Waals surface area contributed by atoms with Gasteiger partial charge >= 0.3 is 0 Å². The lowest BCUT2D eigenvalue weighted by Crippen LogP contribution is -2.15. The zero-order valence-electron chi connectivity index (χ0n) is 9.67. The highest BCUT2D eigenvalue weighted by molar-refractivity contribution is 5.38. The minimum absolute atomic E-state index is 0.318. The Morgan fingerprint density at radius 3 is 2.83 bits per heavy atom. The number of nitrogens with zero attached hydrogens (tertiary/aromatic N) is 4. The molecule has 0 spiro atoms. The molecule has 0 unspecified atom stereocenters. The fourth-order valence-electron chi connectivity index (χ4n) is 2.22. The third-order valence-corrected chi connectivity index (χ3v) is 3.36. The molecular weight excluding hydrogens is 231 g/mol. The van der Waals surface area contributed by atoms with E-state index in [0.717, 1.165) is 25.0 Å². The van der Waals surface area contributed by atoms with Gasteiger partial charge in [0.1, 0.15) is 11.9 Å². The maximum Gasteiger partial charge on any atom is 0.186 e. The average molecular weight is 242 g/mol. The van der Waals surface area contributed by atoms with Crippen LogP contribution in [0.1, 0.15) is 36.6 Å². The molecule has 0 amide bonds. The number of benzene rings is 1. The Morgan fingerprint density at radius 1 is 1.39 bits per heavy atom. The molecule has 90 valence electrons. The van der Waals surface area contributed by atoms with Crippen molar-refractivity contribution in [3.05, 3.63) is 41.5 Å². The summed E-state index contributed by atoms with van der Waals surface area (Å²) < 4.78 is 14.8. The van der Waals surface area contributed by atoms with Gasteiger partial charge in [-0.3, -0.25) is 0 Å². The number of halogens is 1. The Hall–Kier alpha value is -2.22. The molecule has 1 fully saturated rings. The highest BCUT2D eigenvalue weighted by Crippen LogP contribution is 2.38. The van der Waals surface area contributed by atoms with Gasteiger partial charge in [-0.05, 0) is 31.0 Å². The van der Waals surface area contributed by atoms with Gasteiger partial charge in [-0.25, -0.2) is 9.07 Å². The summed E-state index contributed by atoms with van der Waals surface area (Å²) in [6.45, 7) is 0. The van der Waals surface area contributed by atoms with Gasteiger partial charge in [0.25, 0.3) is 0 Å². The average Bonchev–Trinajstić information content (AvgIpc) is 2.70. The summed E-state index contributed by atoms with van der Waals surface area (Å²) in [4.78, 5) is 0. The van der Waals surface area contributed by atoms with E-state index in [1.54, 1.807) is 16.8 Å². The molecule has 1 aromatic heterocycles. The van der Waals surface area contributed by atoms with Crippen LogP contribution in [0.25, 0.3) is 5.69 Å². The quantitative estimate of drug-likeness (QED) is 0.813. The molecule has 1 saturated carbocycles. The van der Waals surface area contributed by atoms with Gasteiger partial charge in [0.2, 0.25) is 0 Å². The minimum atomic E-state index is -0.318. The van der Waals surface area contributed by atoms with Crippen LogP contribution in [-0.4, -0.2) is 15.0 Å². The Morgan fingerprint density at radius 2 is 2.22 bits per heavy atom. The van der Waals surface area contributed by atoms with Gasteiger partial charge in [0.15, 0.2) is 5.69 Å². The lowest BCUT2D eigenvalue weighted by Gasteiger charge is -2.25. The highest BCUT2D eigenvalue weighted by atomic mass is 19.1. The number of hydrogen-bond donors (Lipinski definition) is 0. The lowest BCUT2D eigenvalue weighted by molar-refractivity contribution is 0.402. The van der Waals surface area contributed by atoms with Crippen molar-refractivity contribution in [1.29, 1.82) is 5.26 Å². The fourth-order valence-corrected chi connectivity index (χ4v) is 2.22. The summed E-state index contributed by atoms with van der Waals surface area (Å²) >= 11 is 0. The van der Waals surface area contributed by atoms with E-state index in [1.807, 2.05) is 0 Å². The van der Waals surface area contributed by atoms with Gasteiger partial charge in [0.05, 0.1) is 11.4 Å². The van der Waals surface area contributed by atoms with E-state index in [9.17, 15) is 4.39 Å². The van der Waals surface area contributed by atoms with Crippen molar-refractivity contribution in [2.75, 3.05) is 0 Å². The summed E-state index contributed by atoms with van der Waals surface area (Å²) in [5.41, 5.74) is 1.78. The second-order valence-electron chi connectivity index (χ2n) is 4.45. The number of rotatable bonds is 2. The molecule has 0 atom stereocenters.